The van der Waals surface area contributed by atoms with Crippen molar-refractivity contribution in [3.05, 3.63) is 71.3 Å². The average Bonchev–Trinajstić information content (AvgIpc) is 2.69. The highest BCUT2D eigenvalue weighted by Crippen LogP contribution is 2.08. The molecular weight excluding hydrogens is 324 g/mol. The molecule has 1 heterocycles. The standard InChI is InChI=1S/C21H24N4O/c22-14-18-6-8-19(9-7-18)15-23-21(26)17-25-12-10-24(11-13-25)16-20-4-2-1-3-5-20/h1-9H,10-13,15-17H2,(H,23,26). The molecule has 26 heavy (non-hydrogen) atoms. The van der Waals surface area contributed by atoms with E-state index in [1.807, 2.05) is 18.2 Å². The van der Waals surface area contributed by atoms with Crippen LogP contribution in [0.25, 0.3) is 0 Å². The lowest BCUT2D eigenvalue weighted by Crippen LogP contribution is -2.49. The van der Waals surface area contributed by atoms with Crippen LogP contribution < -0.4 is 5.32 Å². The maximum Gasteiger partial charge on any atom is 0.234 e. The normalized spacial score (nSPS) is 15.3. The van der Waals surface area contributed by atoms with Gasteiger partial charge in [0.1, 0.15) is 0 Å². The molecule has 1 amide bonds. The van der Waals surface area contributed by atoms with E-state index in [2.05, 4.69) is 45.5 Å². The fourth-order valence-corrected chi connectivity index (χ4v) is 3.10. The molecule has 1 aliphatic rings. The number of benzene rings is 2. The molecule has 5 nitrogen and oxygen atoms in total. The fourth-order valence-electron chi connectivity index (χ4n) is 3.10. The second-order valence-electron chi connectivity index (χ2n) is 6.62. The highest BCUT2D eigenvalue weighted by molar-refractivity contribution is 5.78. The van der Waals surface area contributed by atoms with E-state index >= 15 is 0 Å². The zero-order valence-electron chi connectivity index (χ0n) is 14.9. The molecule has 5 heteroatoms. The molecule has 0 bridgehead atoms. The van der Waals surface area contributed by atoms with Gasteiger partial charge < -0.3 is 5.32 Å². The summed E-state index contributed by atoms with van der Waals surface area (Å²) in [6.07, 6.45) is 0. The van der Waals surface area contributed by atoms with E-state index in [-0.39, 0.29) is 5.91 Å². The van der Waals surface area contributed by atoms with Crippen LogP contribution in [-0.2, 0) is 17.9 Å². The van der Waals surface area contributed by atoms with Crippen LogP contribution in [0.3, 0.4) is 0 Å². The van der Waals surface area contributed by atoms with Gasteiger partial charge in [-0.15, -0.1) is 0 Å². The van der Waals surface area contributed by atoms with Crippen molar-refractivity contribution in [2.75, 3.05) is 32.7 Å². The molecular formula is C21H24N4O. The van der Waals surface area contributed by atoms with E-state index in [9.17, 15) is 4.79 Å². The third-order valence-corrected chi connectivity index (χ3v) is 4.65. The number of rotatable bonds is 6. The van der Waals surface area contributed by atoms with E-state index in [0.29, 0.717) is 18.7 Å². The number of carbonyl (C=O) groups excluding carboxylic acids is 1. The highest BCUT2D eigenvalue weighted by Gasteiger charge is 2.18. The Balaban J connectivity index is 1.37. The largest absolute Gasteiger partial charge is 0.351 e. The lowest BCUT2D eigenvalue weighted by atomic mass is 10.1. The van der Waals surface area contributed by atoms with Gasteiger partial charge in [-0.1, -0.05) is 42.5 Å². The first kappa shape index (κ1) is 18.1. The van der Waals surface area contributed by atoms with Crippen LogP contribution in [0.1, 0.15) is 16.7 Å². The van der Waals surface area contributed by atoms with E-state index in [1.54, 1.807) is 12.1 Å². The molecule has 0 radical (unpaired) electrons. The summed E-state index contributed by atoms with van der Waals surface area (Å²) in [6, 6.07) is 19.9. The number of amides is 1. The maximum atomic E-state index is 12.2. The zero-order chi connectivity index (χ0) is 18.2. The summed E-state index contributed by atoms with van der Waals surface area (Å²) in [7, 11) is 0. The summed E-state index contributed by atoms with van der Waals surface area (Å²) in [5.74, 6) is 0.0471. The van der Waals surface area contributed by atoms with Crippen LogP contribution in [-0.4, -0.2) is 48.4 Å². The Bertz CT molecular complexity index is 744. The van der Waals surface area contributed by atoms with Crippen molar-refractivity contribution >= 4 is 5.91 Å². The minimum absolute atomic E-state index is 0.0471. The van der Waals surface area contributed by atoms with Crippen molar-refractivity contribution in [1.29, 1.82) is 5.26 Å². The zero-order valence-corrected chi connectivity index (χ0v) is 14.9. The second-order valence-corrected chi connectivity index (χ2v) is 6.62. The van der Waals surface area contributed by atoms with Gasteiger partial charge in [0.25, 0.3) is 0 Å². The quantitative estimate of drug-likeness (QED) is 0.867. The predicted octanol–water partition coefficient (Wildman–Crippen LogP) is 1.99. The number of nitriles is 1. The van der Waals surface area contributed by atoms with Gasteiger partial charge in [-0.3, -0.25) is 14.6 Å². The molecule has 0 atom stereocenters. The van der Waals surface area contributed by atoms with Crippen LogP contribution in [0.4, 0.5) is 0 Å². The van der Waals surface area contributed by atoms with E-state index in [1.165, 1.54) is 5.56 Å². The summed E-state index contributed by atoms with van der Waals surface area (Å²) in [5.41, 5.74) is 2.97. The summed E-state index contributed by atoms with van der Waals surface area (Å²) < 4.78 is 0. The number of hydrogen-bond donors (Lipinski definition) is 1. The average molecular weight is 348 g/mol. The Morgan fingerprint density at radius 3 is 2.23 bits per heavy atom. The minimum atomic E-state index is 0.0471. The van der Waals surface area contributed by atoms with E-state index < -0.39 is 0 Å². The molecule has 2 aromatic rings. The number of carbonyl (C=O) groups is 1. The third-order valence-electron chi connectivity index (χ3n) is 4.65. The van der Waals surface area contributed by atoms with Crippen molar-refractivity contribution in [3.63, 3.8) is 0 Å². The molecule has 1 fully saturated rings. The minimum Gasteiger partial charge on any atom is -0.351 e. The third kappa shape index (κ3) is 5.41. The van der Waals surface area contributed by atoms with Crippen molar-refractivity contribution in [2.45, 2.75) is 13.1 Å². The van der Waals surface area contributed by atoms with Crippen molar-refractivity contribution in [2.24, 2.45) is 0 Å². The lowest BCUT2D eigenvalue weighted by molar-refractivity contribution is -0.122. The van der Waals surface area contributed by atoms with Gasteiger partial charge in [-0.25, -0.2) is 0 Å². The van der Waals surface area contributed by atoms with Gasteiger partial charge in [-0.05, 0) is 23.3 Å². The van der Waals surface area contributed by atoms with Gasteiger partial charge in [0.05, 0.1) is 18.2 Å². The van der Waals surface area contributed by atoms with Gasteiger partial charge in [0.2, 0.25) is 5.91 Å². The van der Waals surface area contributed by atoms with Crippen LogP contribution in [0.5, 0.6) is 0 Å². The van der Waals surface area contributed by atoms with E-state index in [0.717, 1.165) is 38.3 Å². The SMILES string of the molecule is N#Cc1ccc(CNC(=O)CN2CCN(Cc3ccccc3)CC2)cc1. The van der Waals surface area contributed by atoms with Gasteiger partial charge in [-0.2, -0.15) is 5.26 Å². The topological polar surface area (TPSA) is 59.4 Å². The maximum absolute atomic E-state index is 12.2. The number of piperazine rings is 1. The van der Waals surface area contributed by atoms with Crippen LogP contribution in [0, 0.1) is 11.3 Å². The smallest absolute Gasteiger partial charge is 0.234 e. The molecule has 0 spiro atoms. The van der Waals surface area contributed by atoms with E-state index in [4.69, 9.17) is 5.26 Å². The Hall–Kier alpha value is -2.68. The Morgan fingerprint density at radius 2 is 1.58 bits per heavy atom. The lowest BCUT2D eigenvalue weighted by Gasteiger charge is -2.34. The first-order valence-electron chi connectivity index (χ1n) is 8.97. The van der Waals surface area contributed by atoms with Gasteiger partial charge in [0, 0.05) is 39.3 Å². The molecule has 0 unspecified atom stereocenters. The number of hydrogen-bond acceptors (Lipinski definition) is 4. The molecule has 0 saturated carbocycles. The summed E-state index contributed by atoms with van der Waals surface area (Å²) >= 11 is 0. The van der Waals surface area contributed by atoms with Crippen molar-refractivity contribution < 1.29 is 4.79 Å². The highest BCUT2D eigenvalue weighted by atomic mass is 16.2. The van der Waals surface area contributed by atoms with Crippen molar-refractivity contribution in [1.82, 2.24) is 15.1 Å². The van der Waals surface area contributed by atoms with Gasteiger partial charge in [0.15, 0.2) is 0 Å². The second kappa shape index (κ2) is 9.14. The van der Waals surface area contributed by atoms with Crippen LogP contribution in [0.15, 0.2) is 54.6 Å². The predicted molar refractivity (Wildman–Crippen MR) is 101 cm³/mol. The molecule has 1 saturated heterocycles. The Labute approximate surface area is 154 Å². The van der Waals surface area contributed by atoms with Crippen molar-refractivity contribution in [3.8, 4) is 6.07 Å². The molecule has 0 aromatic heterocycles. The molecule has 1 N–H and O–H groups in total. The Kier molecular flexibility index (Phi) is 6.37. The fraction of sp³-hybridized carbons (Fsp3) is 0.333. The summed E-state index contributed by atoms with van der Waals surface area (Å²) in [5, 5.41) is 11.8. The molecule has 3 rings (SSSR count). The first-order chi connectivity index (χ1) is 12.7. The first-order valence-corrected chi connectivity index (χ1v) is 8.97. The molecule has 134 valence electrons. The van der Waals surface area contributed by atoms with Crippen LogP contribution in [0.2, 0.25) is 0 Å². The number of nitrogens with one attached hydrogen (secondary N) is 1. The Morgan fingerprint density at radius 1 is 0.923 bits per heavy atom. The molecule has 2 aromatic carbocycles. The molecule has 1 aliphatic heterocycles. The van der Waals surface area contributed by atoms with Gasteiger partial charge >= 0.3 is 0 Å². The van der Waals surface area contributed by atoms with Crippen LogP contribution >= 0.6 is 0 Å². The monoisotopic (exact) mass is 348 g/mol. The molecule has 0 aliphatic carbocycles. The summed E-state index contributed by atoms with van der Waals surface area (Å²) in [6.45, 7) is 5.71. The number of nitrogens with zero attached hydrogens (tertiary/aromatic N) is 3. The summed E-state index contributed by atoms with van der Waals surface area (Å²) in [4.78, 5) is 16.8.